The van der Waals surface area contributed by atoms with Gasteiger partial charge >= 0.3 is 11.9 Å². The van der Waals surface area contributed by atoms with Crippen molar-refractivity contribution < 1.29 is 29.4 Å². The molecule has 0 aromatic heterocycles. The third-order valence-corrected chi connectivity index (χ3v) is 6.61. The smallest absolute Gasteiger partial charge is 0.326 e. The Morgan fingerprint density at radius 3 is 2.44 bits per heavy atom. The minimum atomic E-state index is -1.08. The number of aliphatic carboxylic acids is 2. The van der Waals surface area contributed by atoms with Crippen LogP contribution in [-0.4, -0.2) is 81.0 Å². The molecule has 2 aliphatic rings. The van der Waals surface area contributed by atoms with Gasteiger partial charge < -0.3 is 20.0 Å². The maximum Gasteiger partial charge on any atom is 0.326 e. The number of benzene rings is 1. The lowest BCUT2D eigenvalue weighted by Gasteiger charge is -2.39. The van der Waals surface area contributed by atoms with Crippen molar-refractivity contribution in [1.29, 1.82) is 0 Å². The molecule has 5 atom stereocenters. The van der Waals surface area contributed by atoms with Crippen molar-refractivity contribution in [2.75, 3.05) is 13.1 Å². The number of nitrogens with zero attached hydrogens (tertiary/aromatic N) is 2. The summed E-state index contributed by atoms with van der Waals surface area (Å²) in [6.07, 6.45) is 1.82. The van der Waals surface area contributed by atoms with E-state index in [4.69, 9.17) is 0 Å². The van der Waals surface area contributed by atoms with Crippen molar-refractivity contribution in [2.45, 2.75) is 63.7 Å². The third-order valence-electron chi connectivity index (χ3n) is 6.61. The second kappa shape index (κ2) is 10.1. The number of piperidine rings is 1. The van der Waals surface area contributed by atoms with Crippen LogP contribution in [-0.2, 0) is 25.6 Å². The number of rotatable bonds is 8. The fourth-order valence-corrected chi connectivity index (χ4v) is 4.85. The van der Waals surface area contributed by atoms with Gasteiger partial charge in [-0.3, -0.25) is 19.7 Å². The van der Waals surface area contributed by atoms with Crippen molar-refractivity contribution in [3.8, 4) is 0 Å². The first kappa shape index (κ1) is 23.7. The number of carboxylic acids is 2. The Hall–Kier alpha value is -2.94. The number of amides is 2. The molecule has 174 valence electrons. The molecule has 3 N–H and O–H groups in total. The first-order chi connectivity index (χ1) is 15.2. The van der Waals surface area contributed by atoms with E-state index in [1.165, 1.54) is 11.8 Å². The van der Waals surface area contributed by atoms with Gasteiger partial charge in [0.05, 0.1) is 12.1 Å². The summed E-state index contributed by atoms with van der Waals surface area (Å²) >= 11 is 0. The molecule has 0 spiro atoms. The number of hydrogen-bond acceptors (Lipinski definition) is 5. The molecular weight excluding hydrogens is 414 g/mol. The summed E-state index contributed by atoms with van der Waals surface area (Å²) in [7, 11) is 0. The normalized spacial score (nSPS) is 24.5. The number of nitrogens with one attached hydrogen (secondary N) is 1. The highest BCUT2D eigenvalue weighted by atomic mass is 16.4. The van der Waals surface area contributed by atoms with Crippen LogP contribution < -0.4 is 5.32 Å². The van der Waals surface area contributed by atoms with Gasteiger partial charge in [-0.1, -0.05) is 30.3 Å². The number of carbonyl (C=O) groups is 4. The van der Waals surface area contributed by atoms with Crippen LogP contribution in [0.1, 0.15) is 38.7 Å². The average molecular weight is 446 g/mol. The van der Waals surface area contributed by atoms with Crippen LogP contribution in [0.5, 0.6) is 0 Å². The van der Waals surface area contributed by atoms with E-state index in [1.807, 2.05) is 30.3 Å². The van der Waals surface area contributed by atoms with Crippen LogP contribution in [0.15, 0.2) is 30.3 Å². The fourth-order valence-electron chi connectivity index (χ4n) is 4.85. The minimum Gasteiger partial charge on any atom is -0.480 e. The molecule has 1 aromatic rings. The molecule has 2 amide bonds. The van der Waals surface area contributed by atoms with E-state index < -0.39 is 36.0 Å². The number of carboxylic acid groups (broad SMARTS) is 2. The molecule has 2 heterocycles. The maximum atomic E-state index is 13.3. The summed E-state index contributed by atoms with van der Waals surface area (Å²) in [5, 5.41) is 22.3. The summed E-state index contributed by atoms with van der Waals surface area (Å²) in [6.45, 7) is 3.89. The zero-order valence-electron chi connectivity index (χ0n) is 18.4. The highest BCUT2D eigenvalue weighted by molar-refractivity contribution is 5.88. The second-order valence-corrected chi connectivity index (χ2v) is 8.72. The summed E-state index contributed by atoms with van der Waals surface area (Å²) in [4.78, 5) is 51.9. The summed E-state index contributed by atoms with van der Waals surface area (Å²) in [5.74, 6) is -2.67. The summed E-state index contributed by atoms with van der Waals surface area (Å²) in [5.41, 5.74) is 0.999. The Labute approximate surface area is 187 Å². The van der Waals surface area contributed by atoms with E-state index in [-0.39, 0.29) is 17.9 Å². The highest BCUT2D eigenvalue weighted by Gasteiger charge is 2.50. The molecule has 3 rings (SSSR count). The molecule has 2 saturated heterocycles. The van der Waals surface area contributed by atoms with Gasteiger partial charge in [-0.2, -0.15) is 0 Å². The van der Waals surface area contributed by atoms with Crippen LogP contribution in [0.4, 0.5) is 0 Å². The Bertz CT molecular complexity index is 861. The Morgan fingerprint density at radius 1 is 1.16 bits per heavy atom. The van der Waals surface area contributed by atoms with Gasteiger partial charge in [-0.05, 0) is 44.1 Å². The van der Waals surface area contributed by atoms with Gasteiger partial charge in [-0.25, -0.2) is 4.79 Å². The molecule has 1 aromatic carbocycles. The number of likely N-dealkylation sites (tertiary alicyclic amines) is 2. The van der Waals surface area contributed by atoms with E-state index in [9.17, 15) is 29.4 Å². The lowest BCUT2D eigenvalue weighted by Crippen LogP contribution is -2.58. The average Bonchev–Trinajstić information content (AvgIpc) is 3.15. The molecule has 0 radical (unpaired) electrons. The van der Waals surface area contributed by atoms with Crippen LogP contribution in [0.25, 0.3) is 0 Å². The van der Waals surface area contributed by atoms with E-state index in [2.05, 4.69) is 5.32 Å². The maximum absolute atomic E-state index is 13.3. The zero-order valence-corrected chi connectivity index (χ0v) is 18.4. The standard InChI is InChI=1S/C23H31N3O6/c1-14(24-18(22(29)30)9-8-16-6-4-3-5-7-16)21(28)26-19(23(31)32)12-17-10-11-25(15(2)27)13-20(17)26/h3-7,14,17-20,24H,8-13H2,1-2H3,(H,29,30)(H,31,32)/t14-,17+,18+,19-,20-/m0/s1. The number of carbonyl (C=O) groups excluding carboxylic acids is 2. The second-order valence-electron chi connectivity index (χ2n) is 8.72. The van der Waals surface area contributed by atoms with Crippen molar-refractivity contribution in [1.82, 2.24) is 15.1 Å². The molecule has 0 unspecified atom stereocenters. The van der Waals surface area contributed by atoms with Gasteiger partial charge in [0.2, 0.25) is 11.8 Å². The van der Waals surface area contributed by atoms with E-state index in [0.717, 1.165) is 5.56 Å². The van der Waals surface area contributed by atoms with Gasteiger partial charge in [0.25, 0.3) is 0 Å². The summed E-state index contributed by atoms with van der Waals surface area (Å²) < 4.78 is 0. The SMILES string of the molecule is CC(=O)N1CC[C@@H]2C[C@@H](C(=O)O)N(C(=O)[C@H](C)N[C@H](CCc3ccccc3)C(=O)O)[C@H]2C1. The molecule has 9 nitrogen and oxygen atoms in total. The van der Waals surface area contributed by atoms with Gasteiger partial charge in [0.15, 0.2) is 0 Å². The first-order valence-corrected chi connectivity index (χ1v) is 11.0. The molecular formula is C23H31N3O6. The topological polar surface area (TPSA) is 127 Å². The predicted octanol–water partition coefficient (Wildman–Crippen LogP) is 0.973. The van der Waals surface area contributed by atoms with Crippen molar-refractivity contribution in [3.63, 3.8) is 0 Å². The number of hydrogen-bond donors (Lipinski definition) is 3. The molecule has 0 bridgehead atoms. The lowest BCUT2D eigenvalue weighted by molar-refractivity contribution is -0.152. The van der Waals surface area contributed by atoms with Crippen molar-refractivity contribution in [2.24, 2.45) is 5.92 Å². The Kier molecular flexibility index (Phi) is 7.50. The first-order valence-electron chi connectivity index (χ1n) is 11.0. The third kappa shape index (κ3) is 5.27. The highest BCUT2D eigenvalue weighted by Crippen LogP contribution is 2.36. The van der Waals surface area contributed by atoms with Gasteiger partial charge in [0, 0.05) is 20.0 Å². The summed E-state index contributed by atoms with van der Waals surface area (Å²) in [6, 6.07) is 6.32. The van der Waals surface area contributed by atoms with Crippen molar-refractivity contribution in [3.05, 3.63) is 35.9 Å². The zero-order chi connectivity index (χ0) is 23.4. The fraction of sp³-hybridized carbons (Fsp3) is 0.565. The molecule has 9 heteroatoms. The monoisotopic (exact) mass is 445 g/mol. The van der Waals surface area contributed by atoms with Gasteiger partial charge in [0.1, 0.15) is 12.1 Å². The van der Waals surface area contributed by atoms with Crippen LogP contribution in [0.2, 0.25) is 0 Å². The lowest BCUT2D eigenvalue weighted by atomic mass is 9.91. The molecule has 0 aliphatic carbocycles. The Balaban J connectivity index is 1.71. The number of fused-ring (bicyclic) bond motifs is 1. The molecule has 2 fully saturated rings. The quantitative estimate of drug-likeness (QED) is 0.544. The molecule has 32 heavy (non-hydrogen) atoms. The van der Waals surface area contributed by atoms with Crippen LogP contribution in [0, 0.1) is 5.92 Å². The van der Waals surface area contributed by atoms with E-state index >= 15 is 0 Å². The van der Waals surface area contributed by atoms with E-state index in [0.29, 0.717) is 38.8 Å². The number of aryl methyl sites for hydroxylation is 1. The van der Waals surface area contributed by atoms with Crippen LogP contribution >= 0.6 is 0 Å². The predicted molar refractivity (Wildman–Crippen MR) is 116 cm³/mol. The molecule has 2 aliphatic heterocycles. The van der Waals surface area contributed by atoms with Crippen LogP contribution in [0.3, 0.4) is 0 Å². The van der Waals surface area contributed by atoms with Gasteiger partial charge in [-0.15, -0.1) is 0 Å². The van der Waals surface area contributed by atoms with E-state index in [1.54, 1.807) is 11.8 Å². The van der Waals surface area contributed by atoms with Crippen molar-refractivity contribution >= 4 is 23.8 Å². The molecule has 0 saturated carbocycles. The Morgan fingerprint density at radius 2 is 1.84 bits per heavy atom. The largest absolute Gasteiger partial charge is 0.480 e. The minimum absolute atomic E-state index is 0.0104.